The number of aliphatic hydroxyl groups excluding tert-OH is 1. The van der Waals surface area contributed by atoms with Crippen LogP contribution in [0.4, 0.5) is 11.4 Å². The number of nitro benzene ring substituents is 1. The zero-order chi connectivity index (χ0) is 12.3. The van der Waals surface area contributed by atoms with Crippen LogP contribution in [0, 0.1) is 10.1 Å². The van der Waals surface area contributed by atoms with Gasteiger partial charge in [-0.25, -0.2) is 0 Å². The quantitative estimate of drug-likeness (QED) is 0.648. The molecule has 0 bridgehead atoms. The standard InChI is InChI=1S/C9H10Cl2N2O3/c1-5(14)4-12-9-7(10)2-6(13(15)16)3-8(9)11/h2-3,5,12,14H,4H2,1H3. The number of benzene rings is 1. The molecule has 0 radical (unpaired) electrons. The number of nitrogens with one attached hydrogen (secondary N) is 1. The maximum Gasteiger partial charge on any atom is 0.272 e. The number of non-ortho nitro benzene ring substituents is 1. The molecule has 0 aliphatic rings. The largest absolute Gasteiger partial charge is 0.392 e. The molecule has 7 heteroatoms. The van der Waals surface area contributed by atoms with Crippen molar-refractivity contribution in [1.29, 1.82) is 0 Å². The molecule has 1 atom stereocenters. The molecule has 16 heavy (non-hydrogen) atoms. The van der Waals surface area contributed by atoms with E-state index in [1.807, 2.05) is 0 Å². The minimum atomic E-state index is -0.573. The van der Waals surface area contributed by atoms with Gasteiger partial charge in [0.1, 0.15) is 0 Å². The van der Waals surface area contributed by atoms with Crippen LogP contribution < -0.4 is 5.32 Å². The maximum absolute atomic E-state index is 10.5. The van der Waals surface area contributed by atoms with Gasteiger partial charge in [-0.1, -0.05) is 23.2 Å². The van der Waals surface area contributed by atoms with Gasteiger partial charge in [-0.15, -0.1) is 0 Å². The average Bonchev–Trinajstić information content (AvgIpc) is 2.15. The number of aliphatic hydroxyl groups is 1. The number of hydrogen-bond acceptors (Lipinski definition) is 4. The molecule has 1 aromatic carbocycles. The van der Waals surface area contributed by atoms with Crippen molar-refractivity contribution >= 4 is 34.6 Å². The first-order chi connectivity index (χ1) is 7.41. The Morgan fingerprint density at radius 2 is 2.00 bits per heavy atom. The lowest BCUT2D eigenvalue weighted by atomic mass is 10.2. The van der Waals surface area contributed by atoms with Crippen molar-refractivity contribution in [2.75, 3.05) is 11.9 Å². The fourth-order valence-corrected chi connectivity index (χ4v) is 1.69. The van der Waals surface area contributed by atoms with Crippen molar-refractivity contribution in [3.05, 3.63) is 32.3 Å². The highest BCUT2D eigenvalue weighted by Gasteiger charge is 2.14. The molecule has 0 aromatic heterocycles. The predicted molar refractivity (Wildman–Crippen MR) is 63.3 cm³/mol. The smallest absolute Gasteiger partial charge is 0.272 e. The Labute approximate surface area is 102 Å². The number of hydrogen-bond donors (Lipinski definition) is 2. The van der Waals surface area contributed by atoms with Crippen LogP contribution in [-0.2, 0) is 0 Å². The summed E-state index contributed by atoms with van der Waals surface area (Å²) >= 11 is 11.7. The Balaban J connectivity index is 2.98. The Morgan fingerprint density at radius 3 is 2.38 bits per heavy atom. The lowest BCUT2D eigenvalue weighted by Crippen LogP contribution is -2.15. The van der Waals surface area contributed by atoms with Gasteiger partial charge in [0.2, 0.25) is 0 Å². The Bertz CT molecular complexity index is 387. The van der Waals surface area contributed by atoms with E-state index in [0.29, 0.717) is 5.69 Å². The summed E-state index contributed by atoms with van der Waals surface area (Å²) in [6, 6.07) is 2.41. The monoisotopic (exact) mass is 264 g/mol. The van der Waals surface area contributed by atoms with E-state index >= 15 is 0 Å². The van der Waals surface area contributed by atoms with Crippen molar-refractivity contribution in [2.45, 2.75) is 13.0 Å². The van der Waals surface area contributed by atoms with Crippen LogP contribution in [0.5, 0.6) is 0 Å². The van der Waals surface area contributed by atoms with E-state index in [9.17, 15) is 10.1 Å². The summed E-state index contributed by atoms with van der Waals surface area (Å²) in [4.78, 5) is 9.94. The summed E-state index contributed by atoms with van der Waals surface area (Å²) in [7, 11) is 0. The molecular formula is C9H10Cl2N2O3. The molecule has 0 heterocycles. The van der Waals surface area contributed by atoms with E-state index in [0.717, 1.165) is 0 Å². The molecule has 1 aromatic rings. The van der Waals surface area contributed by atoms with E-state index in [1.165, 1.54) is 12.1 Å². The molecule has 0 fully saturated rings. The van der Waals surface area contributed by atoms with Crippen molar-refractivity contribution in [2.24, 2.45) is 0 Å². The van der Waals surface area contributed by atoms with Crippen LogP contribution in [0.25, 0.3) is 0 Å². The first kappa shape index (κ1) is 13.0. The van der Waals surface area contributed by atoms with E-state index in [2.05, 4.69) is 5.32 Å². The average molecular weight is 265 g/mol. The molecule has 2 N–H and O–H groups in total. The lowest BCUT2D eigenvalue weighted by molar-refractivity contribution is -0.384. The molecule has 0 saturated heterocycles. The molecule has 1 unspecified atom stereocenters. The van der Waals surface area contributed by atoms with Gasteiger partial charge in [0.05, 0.1) is 26.8 Å². The van der Waals surface area contributed by atoms with E-state index < -0.39 is 11.0 Å². The van der Waals surface area contributed by atoms with Gasteiger partial charge in [-0.3, -0.25) is 10.1 Å². The summed E-state index contributed by atoms with van der Waals surface area (Å²) in [6.07, 6.45) is -0.567. The van der Waals surface area contributed by atoms with Gasteiger partial charge in [-0.05, 0) is 6.92 Å². The molecule has 0 saturated carbocycles. The summed E-state index contributed by atoms with van der Waals surface area (Å²) in [5.74, 6) is 0. The molecule has 88 valence electrons. The van der Waals surface area contributed by atoms with Crippen molar-refractivity contribution in [1.82, 2.24) is 0 Å². The van der Waals surface area contributed by atoms with Crippen molar-refractivity contribution in [3.8, 4) is 0 Å². The van der Waals surface area contributed by atoms with Gasteiger partial charge in [0.25, 0.3) is 5.69 Å². The van der Waals surface area contributed by atoms with Crippen molar-refractivity contribution < 1.29 is 10.0 Å². The number of nitrogens with zero attached hydrogens (tertiary/aromatic N) is 1. The summed E-state index contributed by atoms with van der Waals surface area (Å²) < 4.78 is 0. The highest BCUT2D eigenvalue weighted by molar-refractivity contribution is 6.39. The maximum atomic E-state index is 10.5. The predicted octanol–water partition coefficient (Wildman–Crippen LogP) is 2.69. The van der Waals surface area contributed by atoms with E-state index in [4.69, 9.17) is 28.3 Å². The summed E-state index contributed by atoms with van der Waals surface area (Å²) in [5.41, 5.74) is 0.215. The highest BCUT2D eigenvalue weighted by atomic mass is 35.5. The Morgan fingerprint density at radius 1 is 1.50 bits per heavy atom. The van der Waals surface area contributed by atoms with Crippen LogP contribution >= 0.6 is 23.2 Å². The SMILES string of the molecule is CC(O)CNc1c(Cl)cc([N+](=O)[O-])cc1Cl. The molecular weight excluding hydrogens is 255 g/mol. The second-order valence-electron chi connectivity index (χ2n) is 3.27. The second-order valence-corrected chi connectivity index (χ2v) is 4.09. The van der Waals surface area contributed by atoms with E-state index in [1.54, 1.807) is 6.92 Å². The van der Waals surface area contributed by atoms with Crippen LogP contribution in [0.1, 0.15) is 6.92 Å². The van der Waals surface area contributed by atoms with Crippen LogP contribution in [0.3, 0.4) is 0 Å². The second kappa shape index (κ2) is 5.34. The summed E-state index contributed by atoms with van der Waals surface area (Å²) in [5, 5.41) is 22.7. The first-order valence-corrected chi connectivity index (χ1v) is 5.22. The Hall–Kier alpha value is -1.04. The molecule has 0 aliphatic carbocycles. The molecule has 5 nitrogen and oxygen atoms in total. The van der Waals surface area contributed by atoms with Crippen LogP contribution in [-0.4, -0.2) is 22.7 Å². The third kappa shape index (κ3) is 3.23. The number of anilines is 1. The zero-order valence-corrected chi connectivity index (χ0v) is 9.92. The van der Waals surface area contributed by atoms with Crippen LogP contribution in [0.15, 0.2) is 12.1 Å². The minimum Gasteiger partial charge on any atom is -0.392 e. The van der Waals surface area contributed by atoms with Crippen LogP contribution in [0.2, 0.25) is 10.0 Å². The molecule has 1 rings (SSSR count). The van der Waals surface area contributed by atoms with Gasteiger partial charge in [-0.2, -0.15) is 0 Å². The van der Waals surface area contributed by atoms with Gasteiger partial charge >= 0.3 is 0 Å². The third-order valence-corrected chi connectivity index (χ3v) is 2.41. The van der Waals surface area contributed by atoms with Gasteiger partial charge < -0.3 is 10.4 Å². The number of halogens is 2. The minimum absolute atomic E-state index is 0.153. The topological polar surface area (TPSA) is 75.4 Å². The number of nitro groups is 1. The number of rotatable bonds is 4. The normalized spacial score (nSPS) is 12.2. The zero-order valence-electron chi connectivity index (χ0n) is 8.41. The highest BCUT2D eigenvalue weighted by Crippen LogP contribution is 2.34. The summed E-state index contributed by atoms with van der Waals surface area (Å²) in [6.45, 7) is 1.86. The molecule has 0 spiro atoms. The molecule has 0 amide bonds. The van der Waals surface area contributed by atoms with E-state index in [-0.39, 0.29) is 22.3 Å². The third-order valence-electron chi connectivity index (χ3n) is 1.81. The lowest BCUT2D eigenvalue weighted by Gasteiger charge is -2.11. The van der Waals surface area contributed by atoms with Crippen molar-refractivity contribution in [3.63, 3.8) is 0 Å². The molecule has 0 aliphatic heterocycles. The first-order valence-electron chi connectivity index (χ1n) is 4.47. The fraction of sp³-hybridized carbons (Fsp3) is 0.333. The van der Waals surface area contributed by atoms with Gasteiger partial charge in [0, 0.05) is 18.7 Å². The van der Waals surface area contributed by atoms with Gasteiger partial charge in [0.15, 0.2) is 0 Å². The Kier molecular flexibility index (Phi) is 4.35. The fourth-order valence-electron chi connectivity index (χ4n) is 1.08.